The van der Waals surface area contributed by atoms with Gasteiger partial charge in [0.2, 0.25) is 0 Å². The molecule has 6 heteroatoms. The average Bonchev–Trinajstić information content (AvgIpc) is 2.96. The lowest BCUT2D eigenvalue weighted by Gasteiger charge is -2.39. The summed E-state index contributed by atoms with van der Waals surface area (Å²) in [5.41, 5.74) is 2.15. The molecule has 4 rings (SSSR count). The number of phenols is 1. The Kier molecular flexibility index (Phi) is 6.00. The quantitative estimate of drug-likeness (QED) is 0.536. The smallest absolute Gasteiger partial charge is 0.191 e. The Bertz CT molecular complexity index is 843. The summed E-state index contributed by atoms with van der Waals surface area (Å²) in [5, 5.41) is 16.1. The van der Waals surface area contributed by atoms with Crippen LogP contribution in [-0.2, 0) is 13.1 Å². The first-order valence-corrected chi connectivity index (χ1v) is 10.4. The predicted molar refractivity (Wildman–Crippen MR) is 113 cm³/mol. The lowest BCUT2D eigenvalue weighted by atomic mass is 9.96. The lowest BCUT2D eigenvalue weighted by Crippen LogP contribution is -2.52. The van der Waals surface area contributed by atoms with Crippen LogP contribution in [0.1, 0.15) is 36.8 Å². The monoisotopic (exact) mass is 396 g/mol. The predicted octanol–water partition coefficient (Wildman–Crippen LogP) is 3.39. The van der Waals surface area contributed by atoms with Crippen molar-refractivity contribution in [2.75, 3.05) is 7.05 Å². The molecule has 2 heterocycles. The molecule has 154 valence electrons. The molecule has 0 aliphatic carbocycles. The van der Waals surface area contributed by atoms with Gasteiger partial charge in [-0.2, -0.15) is 0 Å². The zero-order chi connectivity index (χ0) is 20.2. The van der Waals surface area contributed by atoms with E-state index in [1.54, 1.807) is 13.1 Å². The molecule has 29 heavy (non-hydrogen) atoms. The van der Waals surface area contributed by atoms with Crippen LogP contribution in [0.4, 0.5) is 4.39 Å². The zero-order valence-corrected chi connectivity index (χ0v) is 16.8. The molecule has 2 bridgehead atoms. The Labute approximate surface area is 171 Å². The highest BCUT2D eigenvalue weighted by Gasteiger charge is 2.40. The highest BCUT2D eigenvalue weighted by Crippen LogP contribution is 2.36. The van der Waals surface area contributed by atoms with Crippen molar-refractivity contribution in [3.63, 3.8) is 0 Å². The molecule has 0 spiro atoms. The van der Waals surface area contributed by atoms with Crippen LogP contribution in [0.3, 0.4) is 0 Å². The van der Waals surface area contributed by atoms with E-state index >= 15 is 0 Å². The maximum atomic E-state index is 13.5. The number of nitrogens with one attached hydrogen (secondary N) is 2. The molecule has 2 aromatic rings. The van der Waals surface area contributed by atoms with Gasteiger partial charge in [0.05, 0.1) is 0 Å². The topological polar surface area (TPSA) is 59.9 Å². The third kappa shape index (κ3) is 4.70. The molecule has 5 nitrogen and oxygen atoms in total. The van der Waals surface area contributed by atoms with Crippen molar-refractivity contribution in [2.45, 2.75) is 56.9 Å². The van der Waals surface area contributed by atoms with Crippen LogP contribution in [-0.4, -0.2) is 41.1 Å². The number of halogens is 1. The maximum absolute atomic E-state index is 13.5. The van der Waals surface area contributed by atoms with Gasteiger partial charge in [0, 0.05) is 38.3 Å². The fourth-order valence-corrected chi connectivity index (χ4v) is 4.68. The number of fused-ring (bicyclic) bond motifs is 2. The van der Waals surface area contributed by atoms with Crippen LogP contribution in [0.5, 0.6) is 5.75 Å². The van der Waals surface area contributed by atoms with Crippen LogP contribution >= 0.6 is 0 Å². The first-order valence-electron chi connectivity index (χ1n) is 10.4. The van der Waals surface area contributed by atoms with Crippen molar-refractivity contribution in [3.05, 3.63) is 65.5 Å². The standard InChI is InChI=1S/C23H29FN4O/c1-25-23(26-14-17-7-10-22(29)21(24)11-17)27-18-12-19-8-9-20(13-18)28(19)15-16-5-3-2-4-6-16/h2-7,10-11,18-20,29H,8-9,12-15H2,1H3,(H2,25,26,27). The number of aromatic hydroxyl groups is 1. The van der Waals surface area contributed by atoms with Crippen molar-refractivity contribution < 1.29 is 9.50 Å². The van der Waals surface area contributed by atoms with E-state index < -0.39 is 5.82 Å². The van der Waals surface area contributed by atoms with Crippen molar-refractivity contribution in [3.8, 4) is 5.75 Å². The molecule has 0 aromatic heterocycles. The SMILES string of the molecule is CN=C(NCc1ccc(O)c(F)c1)NC1CC2CCC(C1)N2Cc1ccccc1. The van der Waals surface area contributed by atoms with E-state index in [1.165, 1.54) is 30.5 Å². The fraction of sp³-hybridized carbons (Fsp3) is 0.435. The van der Waals surface area contributed by atoms with Crippen molar-refractivity contribution in [1.29, 1.82) is 0 Å². The van der Waals surface area contributed by atoms with Crippen molar-refractivity contribution in [2.24, 2.45) is 4.99 Å². The van der Waals surface area contributed by atoms with Gasteiger partial charge in [0.1, 0.15) is 0 Å². The fourth-order valence-electron chi connectivity index (χ4n) is 4.68. The molecule has 2 aliphatic heterocycles. The minimum absolute atomic E-state index is 0.325. The van der Waals surface area contributed by atoms with Crippen molar-refractivity contribution in [1.82, 2.24) is 15.5 Å². The molecule has 0 radical (unpaired) electrons. The number of hydrogen-bond acceptors (Lipinski definition) is 3. The van der Waals surface area contributed by atoms with Gasteiger partial charge in [0.25, 0.3) is 0 Å². The zero-order valence-electron chi connectivity index (χ0n) is 16.8. The third-order valence-corrected chi connectivity index (χ3v) is 6.13. The molecule has 0 amide bonds. The summed E-state index contributed by atoms with van der Waals surface area (Å²) in [7, 11) is 1.76. The Morgan fingerprint density at radius 1 is 1.10 bits per heavy atom. The number of nitrogens with zero attached hydrogens (tertiary/aromatic N) is 2. The number of phenolic OH excluding ortho intramolecular Hbond substituents is 1. The summed E-state index contributed by atoms with van der Waals surface area (Å²) in [6, 6.07) is 16.8. The minimum atomic E-state index is -0.602. The molecule has 2 aromatic carbocycles. The largest absolute Gasteiger partial charge is 0.505 e. The van der Waals surface area contributed by atoms with Gasteiger partial charge in [-0.3, -0.25) is 9.89 Å². The van der Waals surface area contributed by atoms with E-state index in [1.807, 2.05) is 0 Å². The summed E-state index contributed by atoms with van der Waals surface area (Å²) in [6.07, 6.45) is 4.73. The number of rotatable bonds is 5. The van der Waals surface area contributed by atoms with Crippen molar-refractivity contribution >= 4 is 5.96 Å². The number of benzene rings is 2. The molecule has 2 aliphatic rings. The average molecular weight is 397 g/mol. The van der Waals surface area contributed by atoms with Crippen LogP contribution in [0.25, 0.3) is 0 Å². The van der Waals surface area contributed by atoms with Gasteiger partial charge in [-0.1, -0.05) is 36.4 Å². The van der Waals surface area contributed by atoms with Gasteiger partial charge in [-0.15, -0.1) is 0 Å². The number of guanidine groups is 1. The molecule has 0 saturated carbocycles. The van der Waals surface area contributed by atoms with E-state index in [4.69, 9.17) is 0 Å². The third-order valence-electron chi connectivity index (χ3n) is 6.13. The first-order chi connectivity index (χ1) is 14.1. The highest BCUT2D eigenvalue weighted by molar-refractivity contribution is 5.80. The Morgan fingerprint density at radius 3 is 2.48 bits per heavy atom. The molecule has 2 fully saturated rings. The van der Waals surface area contributed by atoms with Gasteiger partial charge >= 0.3 is 0 Å². The summed E-state index contributed by atoms with van der Waals surface area (Å²) in [5.74, 6) is -0.192. The second-order valence-corrected chi connectivity index (χ2v) is 8.07. The second kappa shape index (κ2) is 8.82. The summed E-state index contributed by atoms with van der Waals surface area (Å²) in [6.45, 7) is 1.48. The Balaban J connectivity index is 1.31. The number of piperidine rings is 1. The lowest BCUT2D eigenvalue weighted by molar-refractivity contribution is 0.114. The Morgan fingerprint density at radius 2 is 1.83 bits per heavy atom. The molecule has 2 unspecified atom stereocenters. The van der Waals surface area contributed by atoms with Gasteiger partial charge in [-0.05, 0) is 48.9 Å². The maximum Gasteiger partial charge on any atom is 0.191 e. The molecule has 3 N–H and O–H groups in total. The van der Waals surface area contributed by atoms with E-state index in [9.17, 15) is 9.50 Å². The molecular formula is C23H29FN4O. The normalized spacial score (nSPS) is 24.5. The van der Waals surface area contributed by atoms with Crippen LogP contribution < -0.4 is 10.6 Å². The summed E-state index contributed by atoms with van der Waals surface area (Å²) < 4.78 is 13.5. The van der Waals surface area contributed by atoms with Gasteiger partial charge in [-0.25, -0.2) is 4.39 Å². The molecule has 2 saturated heterocycles. The molecule has 2 atom stereocenters. The second-order valence-electron chi connectivity index (χ2n) is 8.07. The minimum Gasteiger partial charge on any atom is -0.505 e. The number of hydrogen-bond donors (Lipinski definition) is 3. The summed E-state index contributed by atoms with van der Waals surface area (Å²) >= 11 is 0. The van der Waals surface area contributed by atoms with Crippen LogP contribution in [0.15, 0.2) is 53.5 Å². The highest BCUT2D eigenvalue weighted by atomic mass is 19.1. The van der Waals surface area contributed by atoms with Gasteiger partial charge in [0.15, 0.2) is 17.5 Å². The van der Waals surface area contributed by atoms with Gasteiger partial charge < -0.3 is 15.7 Å². The van der Waals surface area contributed by atoms with E-state index in [-0.39, 0.29) is 5.75 Å². The number of aliphatic imine (C=N–C) groups is 1. The first kappa shape index (κ1) is 19.7. The van der Waals surface area contributed by atoms with E-state index in [2.05, 4.69) is 50.9 Å². The van der Waals surface area contributed by atoms with E-state index in [0.717, 1.165) is 30.9 Å². The van der Waals surface area contributed by atoms with E-state index in [0.29, 0.717) is 24.7 Å². The van der Waals surface area contributed by atoms with Crippen LogP contribution in [0, 0.1) is 5.82 Å². The Hall–Kier alpha value is -2.60. The molecular weight excluding hydrogens is 367 g/mol. The van der Waals surface area contributed by atoms with Crippen LogP contribution in [0.2, 0.25) is 0 Å². The summed E-state index contributed by atoms with van der Waals surface area (Å²) in [4.78, 5) is 7.00.